The number of nitrogens with zero attached hydrogens (tertiary/aromatic N) is 1. The summed E-state index contributed by atoms with van der Waals surface area (Å²) >= 11 is 0. The van der Waals surface area contributed by atoms with Gasteiger partial charge in [0.25, 0.3) is 0 Å². The second-order valence-corrected chi connectivity index (χ2v) is 6.33. The molecule has 0 atom stereocenters. The fourth-order valence-corrected chi connectivity index (χ4v) is 2.90. The summed E-state index contributed by atoms with van der Waals surface area (Å²) in [6.45, 7) is 2.11. The lowest BCUT2D eigenvalue weighted by molar-refractivity contribution is -0.122. The van der Waals surface area contributed by atoms with Crippen molar-refractivity contribution >= 4 is 17.4 Å². The van der Waals surface area contributed by atoms with Crippen molar-refractivity contribution in [2.45, 2.75) is 19.3 Å². The molecule has 2 aromatic rings. The highest BCUT2D eigenvalue weighted by atomic mass is 16.5. The highest BCUT2D eigenvalue weighted by molar-refractivity contribution is 5.92. The second kappa shape index (κ2) is 9.20. The zero-order chi connectivity index (χ0) is 18.2. The van der Waals surface area contributed by atoms with Crippen molar-refractivity contribution in [3.63, 3.8) is 0 Å². The Morgan fingerprint density at radius 1 is 1.19 bits per heavy atom. The number of aromatic nitrogens is 1. The molecule has 0 radical (unpaired) electrons. The zero-order valence-electron chi connectivity index (χ0n) is 15.0. The van der Waals surface area contributed by atoms with Crippen LogP contribution in [0.5, 0.6) is 5.75 Å². The number of amides is 1. The molecule has 0 saturated carbocycles. The number of anilines is 2. The highest BCUT2D eigenvalue weighted by Gasteiger charge is 2.21. The molecule has 6 heteroatoms. The number of hydrogen-bond donors (Lipinski definition) is 2. The van der Waals surface area contributed by atoms with Gasteiger partial charge in [-0.2, -0.15) is 0 Å². The summed E-state index contributed by atoms with van der Waals surface area (Å²) in [5.74, 6) is 1.74. The molecule has 0 unspecified atom stereocenters. The zero-order valence-corrected chi connectivity index (χ0v) is 15.0. The molecular formula is C20H25N3O3. The molecule has 1 aliphatic rings. The Bertz CT molecular complexity index is 695. The van der Waals surface area contributed by atoms with Crippen LogP contribution in [-0.2, 0) is 16.0 Å². The van der Waals surface area contributed by atoms with E-state index in [4.69, 9.17) is 9.47 Å². The number of carbonyl (C=O) groups excluding carboxylic acids is 1. The maximum Gasteiger partial charge on any atom is 0.227 e. The number of hydrogen-bond acceptors (Lipinski definition) is 5. The Balaban J connectivity index is 1.44. The summed E-state index contributed by atoms with van der Waals surface area (Å²) in [6, 6.07) is 11.8. The molecule has 2 N–H and O–H groups in total. The minimum atomic E-state index is 0.0334. The Kier molecular flexibility index (Phi) is 6.44. The van der Waals surface area contributed by atoms with Crippen molar-refractivity contribution in [2.24, 2.45) is 5.92 Å². The Labute approximate surface area is 153 Å². The molecule has 0 spiro atoms. The van der Waals surface area contributed by atoms with Gasteiger partial charge in [-0.1, -0.05) is 12.1 Å². The van der Waals surface area contributed by atoms with E-state index in [0.29, 0.717) is 13.2 Å². The largest absolute Gasteiger partial charge is 0.497 e. The number of rotatable bonds is 7. The van der Waals surface area contributed by atoms with E-state index in [9.17, 15) is 4.79 Å². The predicted octanol–water partition coefficient (Wildman–Crippen LogP) is 3.11. The first-order valence-electron chi connectivity index (χ1n) is 8.96. The summed E-state index contributed by atoms with van der Waals surface area (Å²) in [5, 5.41) is 6.23. The van der Waals surface area contributed by atoms with Gasteiger partial charge in [0, 0.05) is 25.7 Å². The van der Waals surface area contributed by atoms with Gasteiger partial charge in [-0.25, -0.2) is 4.98 Å². The Morgan fingerprint density at radius 3 is 2.62 bits per heavy atom. The van der Waals surface area contributed by atoms with Gasteiger partial charge in [0.15, 0.2) is 0 Å². The smallest absolute Gasteiger partial charge is 0.227 e. The van der Waals surface area contributed by atoms with Crippen molar-refractivity contribution in [3.8, 4) is 5.75 Å². The van der Waals surface area contributed by atoms with Gasteiger partial charge >= 0.3 is 0 Å². The van der Waals surface area contributed by atoms with Crippen LogP contribution in [0.3, 0.4) is 0 Å². The van der Waals surface area contributed by atoms with E-state index in [0.717, 1.165) is 43.1 Å². The quantitative estimate of drug-likeness (QED) is 0.798. The number of benzene rings is 1. The highest BCUT2D eigenvalue weighted by Crippen LogP contribution is 2.18. The molecule has 1 aromatic carbocycles. The molecule has 0 bridgehead atoms. The van der Waals surface area contributed by atoms with Crippen LogP contribution in [0.25, 0.3) is 0 Å². The molecule has 6 nitrogen and oxygen atoms in total. The normalized spacial score (nSPS) is 14.7. The molecule has 138 valence electrons. The van der Waals surface area contributed by atoms with Gasteiger partial charge < -0.3 is 20.1 Å². The topological polar surface area (TPSA) is 72.5 Å². The summed E-state index contributed by atoms with van der Waals surface area (Å²) in [6.07, 6.45) is 4.15. The van der Waals surface area contributed by atoms with E-state index in [1.165, 1.54) is 5.56 Å². The van der Waals surface area contributed by atoms with E-state index >= 15 is 0 Å². The van der Waals surface area contributed by atoms with Crippen molar-refractivity contribution in [1.82, 2.24) is 4.98 Å². The lowest BCUT2D eigenvalue weighted by atomic mass is 9.99. The van der Waals surface area contributed by atoms with Crippen LogP contribution in [0.2, 0.25) is 0 Å². The molecule has 1 aromatic heterocycles. The van der Waals surface area contributed by atoms with Crippen molar-refractivity contribution < 1.29 is 14.3 Å². The van der Waals surface area contributed by atoms with Crippen LogP contribution >= 0.6 is 0 Å². The van der Waals surface area contributed by atoms with Crippen molar-refractivity contribution in [3.05, 3.63) is 48.2 Å². The minimum Gasteiger partial charge on any atom is -0.497 e. The fourth-order valence-electron chi connectivity index (χ4n) is 2.90. The first kappa shape index (κ1) is 18.2. The fraction of sp³-hybridized carbons (Fsp3) is 0.400. The van der Waals surface area contributed by atoms with Crippen molar-refractivity contribution in [2.75, 3.05) is 37.5 Å². The molecule has 1 aliphatic heterocycles. The Hall–Kier alpha value is -2.60. The average Bonchev–Trinajstić information content (AvgIpc) is 2.70. The third-order valence-electron chi connectivity index (χ3n) is 4.50. The lowest BCUT2D eigenvalue weighted by Crippen LogP contribution is -2.28. The number of nitrogens with one attached hydrogen (secondary N) is 2. The number of methoxy groups -OCH3 is 1. The van der Waals surface area contributed by atoms with Gasteiger partial charge in [0.05, 0.1) is 19.0 Å². The maximum atomic E-state index is 12.2. The molecular weight excluding hydrogens is 330 g/mol. The molecule has 0 aliphatic carbocycles. The predicted molar refractivity (Wildman–Crippen MR) is 102 cm³/mol. The van der Waals surface area contributed by atoms with Gasteiger partial charge in [0.2, 0.25) is 5.91 Å². The molecule has 1 fully saturated rings. The number of ether oxygens (including phenoxy) is 2. The van der Waals surface area contributed by atoms with E-state index in [2.05, 4.69) is 27.8 Å². The average molecular weight is 355 g/mol. The molecule has 1 saturated heterocycles. The minimum absolute atomic E-state index is 0.0334. The second-order valence-electron chi connectivity index (χ2n) is 6.33. The summed E-state index contributed by atoms with van der Waals surface area (Å²) in [5.41, 5.74) is 1.96. The maximum absolute atomic E-state index is 12.2. The monoisotopic (exact) mass is 355 g/mol. The molecule has 2 heterocycles. The van der Waals surface area contributed by atoms with Crippen LogP contribution in [-0.4, -0.2) is 37.8 Å². The number of pyridine rings is 1. The lowest BCUT2D eigenvalue weighted by Gasteiger charge is -2.21. The van der Waals surface area contributed by atoms with Crippen molar-refractivity contribution in [1.29, 1.82) is 0 Å². The standard InChI is InChI=1S/C20H25N3O3/c1-25-18-5-2-15(3-6-18)8-11-21-19-7-4-17(14-22-19)23-20(24)16-9-12-26-13-10-16/h2-7,14,16H,8-13H2,1H3,(H,21,22)(H,23,24). The SMILES string of the molecule is COc1ccc(CCNc2ccc(NC(=O)C3CCOCC3)cn2)cc1. The van der Waals surface area contributed by atoms with Gasteiger partial charge in [-0.15, -0.1) is 0 Å². The Morgan fingerprint density at radius 2 is 1.96 bits per heavy atom. The van der Waals surface area contributed by atoms with Crippen LogP contribution in [0.15, 0.2) is 42.6 Å². The van der Waals surface area contributed by atoms with Crippen LogP contribution in [0.1, 0.15) is 18.4 Å². The molecule has 26 heavy (non-hydrogen) atoms. The third-order valence-corrected chi connectivity index (χ3v) is 4.50. The molecule has 1 amide bonds. The third kappa shape index (κ3) is 5.20. The van der Waals surface area contributed by atoms with E-state index in [1.807, 2.05) is 24.3 Å². The van der Waals surface area contributed by atoms with Crippen LogP contribution in [0.4, 0.5) is 11.5 Å². The van der Waals surface area contributed by atoms with E-state index in [-0.39, 0.29) is 11.8 Å². The van der Waals surface area contributed by atoms with Crippen LogP contribution in [0, 0.1) is 5.92 Å². The molecule has 3 rings (SSSR count). The van der Waals surface area contributed by atoms with Crippen LogP contribution < -0.4 is 15.4 Å². The summed E-state index contributed by atoms with van der Waals surface area (Å²) in [4.78, 5) is 16.6. The van der Waals surface area contributed by atoms with Gasteiger partial charge in [0.1, 0.15) is 11.6 Å². The van der Waals surface area contributed by atoms with Gasteiger partial charge in [-0.05, 0) is 49.1 Å². The van der Waals surface area contributed by atoms with Gasteiger partial charge in [-0.3, -0.25) is 4.79 Å². The summed E-state index contributed by atoms with van der Waals surface area (Å²) < 4.78 is 10.4. The number of carbonyl (C=O) groups is 1. The first-order valence-corrected chi connectivity index (χ1v) is 8.96. The first-order chi connectivity index (χ1) is 12.7. The van der Waals surface area contributed by atoms with E-state index in [1.54, 1.807) is 13.3 Å². The van der Waals surface area contributed by atoms with E-state index < -0.39 is 0 Å². The summed E-state index contributed by atoms with van der Waals surface area (Å²) in [7, 11) is 1.66.